The summed E-state index contributed by atoms with van der Waals surface area (Å²) < 4.78 is 11.0. The van der Waals surface area contributed by atoms with E-state index in [-0.39, 0.29) is 11.8 Å². The molecule has 0 aromatic carbocycles. The van der Waals surface area contributed by atoms with E-state index in [1.165, 1.54) is 0 Å². The highest BCUT2D eigenvalue weighted by atomic mass is 16.6. The van der Waals surface area contributed by atoms with Crippen molar-refractivity contribution < 1.29 is 9.47 Å². The monoisotopic (exact) mass is 171 g/mol. The summed E-state index contributed by atoms with van der Waals surface area (Å²) in [6.07, 6.45) is 0.553. The maximum absolute atomic E-state index is 5.54. The van der Waals surface area contributed by atoms with Crippen LogP contribution in [0.2, 0.25) is 0 Å². The molecule has 2 heterocycles. The van der Waals surface area contributed by atoms with E-state index in [0.717, 1.165) is 19.8 Å². The van der Waals surface area contributed by atoms with Crippen molar-refractivity contribution in [3.05, 3.63) is 0 Å². The largest absolute Gasteiger partial charge is 0.370 e. The average molecular weight is 171 g/mol. The van der Waals surface area contributed by atoms with Gasteiger partial charge in [0.25, 0.3) is 0 Å². The van der Waals surface area contributed by atoms with E-state index in [0.29, 0.717) is 6.10 Å². The smallest absolute Gasteiger partial charge is 0.140 e. The van der Waals surface area contributed by atoms with Gasteiger partial charge in [-0.15, -0.1) is 0 Å². The molecule has 0 aromatic rings. The summed E-state index contributed by atoms with van der Waals surface area (Å²) in [6, 6.07) is 0. The molecule has 0 spiro atoms. The Morgan fingerprint density at radius 3 is 2.42 bits per heavy atom. The molecule has 3 nitrogen and oxygen atoms in total. The molecule has 2 saturated heterocycles. The molecule has 2 aliphatic rings. The van der Waals surface area contributed by atoms with Gasteiger partial charge in [0.1, 0.15) is 12.3 Å². The highest BCUT2D eigenvalue weighted by Crippen LogP contribution is 2.29. The van der Waals surface area contributed by atoms with Crippen molar-refractivity contribution in [1.82, 2.24) is 4.90 Å². The van der Waals surface area contributed by atoms with Crippen LogP contribution in [0.4, 0.5) is 0 Å². The highest BCUT2D eigenvalue weighted by Gasteiger charge is 2.44. The molecular formula is C9H17NO2. The van der Waals surface area contributed by atoms with Gasteiger partial charge in [0.05, 0.1) is 13.2 Å². The Hall–Kier alpha value is -0.120. The van der Waals surface area contributed by atoms with Crippen LogP contribution in [0.25, 0.3) is 0 Å². The Morgan fingerprint density at radius 1 is 1.25 bits per heavy atom. The minimum atomic E-state index is 0.202. The first-order valence-corrected chi connectivity index (χ1v) is 4.59. The van der Waals surface area contributed by atoms with Gasteiger partial charge in [0.15, 0.2) is 0 Å². The van der Waals surface area contributed by atoms with Gasteiger partial charge >= 0.3 is 0 Å². The summed E-state index contributed by atoms with van der Waals surface area (Å²) in [7, 11) is 0. The lowest BCUT2D eigenvalue weighted by Crippen LogP contribution is -2.66. The molecule has 0 aliphatic carbocycles. The summed E-state index contributed by atoms with van der Waals surface area (Å²) in [5.74, 6) is 0. The van der Waals surface area contributed by atoms with Crippen molar-refractivity contribution in [3.8, 4) is 0 Å². The van der Waals surface area contributed by atoms with Crippen LogP contribution in [0.5, 0.6) is 0 Å². The lowest BCUT2D eigenvalue weighted by atomic mass is 10.0. The summed E-state index contributed by atoms with van der Waals surface area (Å²) in [5, 5.41) is 0. The van der Waals surface area contributed by atoms with E-state index >= 15 is 0 Å². The Labute approximate surface area is 73.6 Å². The second-order valence-electron chi connectivity index (χ2n) is 4.50. The first kappa shape index (κ1) is 8.48. The van der Waals surface area contributed by atoms with E-state index in [9.17, 15) is 0 Å². The highest BCUT2D eigenvalue weighted by molar-refractivity contribution is 4.90. The zero-order chi connectivity index (χ0) is 8.77. The SMILES string of the molecule is CC(C)(C)N1CCOC2COC21. The van der Waals surface area contributed by atoms with Crippen LogP contribution in [-0.4, -0.2) is 42.5 Å². The minimum absolute atomic E-state index is 0.202. The van der Waals surface area contributed by atoms with E-state index in [1.807, 2.05) is 0 Å². The van der Waals surface area contributed by atoms with Crippen LogP contribution in [-0.2, 0) is 9.47 Å². The topological polar surface area (TPSA) is 21.7 Å². The summed E-state index contributed by atoms with van der Waals surface area (Å²) in [4.78, 5) is 2.38. The van der Waals surface area contributed by atoms with Crippen LogP contribution < -0.4 is 0 Å². The molecule has 2 fully saturated rings. The number of hydrogen-bond acceptors (Lipinski definition) is 3. The molecule has 0 radical (unpaired) electrons. The van der Waals surface area contributed by atoms with Gasteiger partial charge in [0, 0.05) is 12.1 Å². The zero-order valence-corrected chi connectivity index (χ0v) is 8.04. The third-order valence-corrected chi connectivity index (χ3v) is 2.58. The standard InChI is InChI=1S/C9H17NO2/c1-9(2,3)10-4-5-11-7-6-12-8(7)10/h7-8H,4-6H2,1-3H3. The third kappa shape index (κ3) is 1.26. The summed E-state index contributed by atoms with van der Waals surface area (Å²) >= 11 is 0. The van der Waals surface area contributed by atoms with Crippen molar-refractivity contribution in [2.24, 2.45) is 0 Å². The Morgan fingerprint density at radius 2 is 2.00 bits per heavy atom. The van der Waals surface area contributed by atoms with Gasteiger partial charge in [-0.3, -0.25) is 4.90 Å². The Kier molecular flexibility index (Phi) is 1.90. The molecule has 0 saturated carbocycles. The minimum Gasteiger partial charge on any atom is -0.370 e. The van der Waals surface area contributed by atoms with Crippen molar-refractivity contribution in [2.75, 3.05) is 19.8 Å². The fourth-order valence-corrected chi connectivity index (χ4v) is 1.83. The van der Waals surface area contributed by atoms with Gasteiger partial charge in [-0.25, -0.2) is 0 Å². The lowest BCUT2D eigenvalue weighted by molar-refractivity contribution is -0.289. The number of morpholine rings is 1. The maximum Gasteiger partial charge on any atom is 0.140 e. The number of rotatable bonds is 0. The lowest BCUT2D eigenvalue weighted by Gasteiger charge is -2.52. The van der Waals surface area contributed by atoms with Crippen molar-refractivity contribution >= 4 is 0 Å². The first-order valence-electron chi connectivity index (χ1n) is 4.59. The zero-order valence-electron chi connectivity index (χ0n) is 8.04. The van der Waals surface area contributed by atoms with Crippen LogP contribution in [0, 0.1) is 0 Å². The van der Waals surface area contributed by atoms with Gasteiger partial charge in [-0.05, 0) is 20.8 Å². The van der Waals surface area contributed by atoms with E-state index in [1.54, 1.807) is 0 Å². The fraction of sp³-hybridized carbons (Fsp3) is 1.00. The van der Waals surface area contributed by atoms with Crippen molar-refractivity contribution in [1.29, 1.82) is 0 Å². The first-order chi connectivity index (χ1) is 5.59. The molecule has 2 rings (SSSR count). The van der Waals surface area contributed by atoms with Crippen molar-refractivity contribution in [2.45, 2.75) is 38.6 Å². The second-order valence-corrected chi connectivity index (χ2v) is 4.50. The van der Waals surface area contributed by atoms with Gasteiger partial charge in [0.2, 0.25) is 0 Å². The molecule has 12 heavy (non-hydrogen) atoms. The normalized spacial score (nSPS) is 37.2. The predicted octanol–water partition coefficient (Wildman–Crippen LogP) is 0.842. The van der Waals surface area contributed by atoms with Crippen molar-refractivity contribution in [3.63, 3.8) is 0 Å². The maximum atomic E-state index is 5.54. The number of fused-ring (bicyclic) bond motifs is 1. The molecular weight excluding hydrogens is 154 g/mol. The fourth-order valence-electron chi connectivity index (χ4n) is 1.83. The Balaban J connectivity index is 2.05. The predicted molar refractivity (Wildman–Crippen MR) is 45.9 cm³/mol. The molecule has 70 valence electrons. The third-order valence-electron chi connectivity index (χ3n) is 2.58. The number of ether oxygens (including phenoxy) is 2. The van der Waals surface area contributed by atoms with Crippen LogP contribution >= 0.6 is 0 Å². The summed E-state index contributed by atoms with van der Waals surface area (Å²) in [6.45, 7) is 9.27. The van der Waals surface area contributed by atoms with Gasteiger partial charge in [-0.1, -0.05) is 0 Å². The summed E-state index contributed by atoms with van der Waals surface area (Å²) in [5.41, 5.74) is 0.202. The molecule has 2 unspecified atom stereocenters. The van der Waals surface area contributed by atoms with E-state index in [4.69, 9.17) is 9.47 Å². The van der Waals surface area contributed by atoms with Gasteiger partial charge in [-0.2, -0.15) is 0 Å². The second kappa shape index (κ2) is 2.69. The Bertz CT molecular complexity index is 176. The van der Waals surface area contributed by atoms with Crippen LogP contribution in [0.15, 0.2) is 0 Å². The molecule has 2 atom stereocenters. The van der Waals surface area contributed by atoms with E-state index < -0.39 is 0 Å². The number of nitrogens with zero attached hydrogens (tertiary/aromatic N) is 1. The quantitative estimate of drug-likeness (QED) is 0.539. The van der Waals surface area contributed by atoms with E-state index in [2.05, 4.69) is 25.7 Å². The molecule has 0 N–H and O–H groups in total. The van der Waals surface area contributed by atoms with Crippen LogP contribution in [0.1, 0.15) is 20.8 Å². The number of hydrogen-bond donors (Lipinski definition) is 0. The molecule has 3 heteroatoms. The molecule has 0 aromatic heterocycles. The van der Waals surface area contributed by atoms with Gasteiger partial charge < -0.3 is 9.47 Å². The molecule has 0 bridgehead atoms. The molecule has 2 aliphatic heterocycles. The average Bonchev–Trinajstić information content (AvgIpc) is 1.88. The van der Waals surface area contributed by atoms with Crippen LogP contribution in [0.3, 0.4) is 0 Å². The molecule has 0 amide bonds.